The number of carbonyl (C=O) groups excluding carboxylic acids is 1. The Hall–Kier alpha value is -1.06. The SMILES string of the molecule is CNCCC1CCN(C(=O)c2cccc3c2CCC3)CC1.Cl. The van der Waals surface area contributed by atoms with E-state index in [9.17, 15) is 4.79 Å². The Morgan fingerprint density at radius 2 is 2.05 bits per heavy atom. The van der Waals surface area contributed by atoms with Gasteiger partial charge < -0.3 is 10.2 Å². The van der Waals surface area contributed by atoms with Crippen LogP contribution in [0.2, 0.25) is 0 Å². The van der Waals surface area contributed by atoms with Crippen LogP contribution in [0.1, 0.15) is 47.2 Å². The summed E-state index contributed by atoms with van der Waals surface area (Å²) >= 11 is 0. The highest BCUT2D eigenvalue weighted by Gasteiger charge is 2.26. The Balaban J connectivity index is 0.00000176. The molecule has 1 amide bonds. The summed E-state index contributed by atoms with van der Waals surface area (Å²) < 4.78 is 0. The van der Waals surface area contributed by atoms with E-state index in [0.717, 1.165) is 56.8 Å². The van der Waals surface area contributed by atoms with Crippen molar-refractivity contribution in [1.29, 1.82) is 0 Å². The quantitative estimate of drug-likeness (QED) is 0.924. The fraction of sp³-hybridized carbons (Fsp3) is 0.611. The summed E-state index contributed by atoms with van der Waals surface area (Å²) in [5.41, 5.74) is 3.68. The standard InChI is InChI=1S/C18H26N2O.ClH/c1-19-11-8-14-9-12-20(13-10-14)18(21)17-7-3-5-15-4-2-6-16(15)17;/h3,5,7,14,19H,2,4,6,8-13H2,1H3;1H. The summed E-state index contributed by atoms with van der Waals surface area (Å²) in [5.74, 6) is 1.05. The molecule has 0 unspecified atom stereocenters. The Morgan fingerprint density at radius 1 is 1.27 bits per heavy atom. The number of nitrogens with zero attached hydrogens (tertiary/aromatic N) is 1. The molecule has 0 saturated carbocycles. The molecule has 4 heteroatoms. The topological polar surface area (TPSA) is 32.3 Å². The van der Waals surface area contributed by atoms with Gasteiger partial charge in [0.1, 0.15) is 0 Å². The molecular formula is C18H27ClN2O. The Kier molecular flexibility index (Phi) is 6.27. The number of carbonyl (C=O) groups is 1. The minimum Gasteiger partial charge on any atom is -0.339 e. The minimum atomic E-state index is 0. The molecule has 1 aromatic rings. The van der Waals surface area contributed by atoms with Gasteiger partial charge in [-0.2, -0.15) is 0 Å². The molecular weight excluding hydrogens is 296 g/mol. The normalized spacial score (nSPS) is 18.0. The van der Waals surface area contributed by atoms with Gasteiger partial charge in [-0.3, -0.25) is 4.79 Å². The fourth-order valence-corrected chi connectivity index (χ4v) is 3.76. The number of nitrogens with one attached hydrogen (secondary N) is 1. The lowest BCUT2D eigenvalue weighted by Gasteiger charge is -2.32. The molecule has 0 bridgehead atoms. The number of fused-ring (bicyclic) bond motifs is 1. The molecule has 1 aliphatic heterocycles. The first kappa shape index (κ1) is 17.3. The van der Waals surface area contributed by atoms with Gasteiger partial charge in [-0.05, 0) is 75.2 Å². The maximum atomic E-state index is 12.8. The first-order chi connectivity index (χ1) is 10.3. The second-order valence-corrected chi connectivity index (χ2v) is 6.42. The van der Waals surface area contributed by atoms with Crippen molar-refractivity contribution in [3.63, 3.8) is 0 Å². The number of hydrogen-bond donors (Lipinski definition) is 1. The predicted octanol–water partition coefficient (Wildman–Crippen LogP) is 3.06. The van der Waals surface area contributed by atoms with Crippen molar-refractivity contribution in [2.24, 2.45) is 5.92 Å². The first-order valence-corrected chi connectivity index (χ1v) is 8.34. The number of piperidine rings is 1. The summed E-state index contributed by atoms with van der Waals surface area (Å²) in [4.78, 5) is 14.9. The maximum Gasteiger partial charge on any atom is 0.254 e. The molecule has 3 rings (SSSR count). The molecule has 3 nitrogen and oxygen atoms in total. The fourth-order valence-electron chi connectivity index (χ4n) is 3.76. The minimum absolute atomic E-state index is 0. The number of halogens is 1. The molecule has 1 N–H and O–H groups in total. The van der Waals surface area contributed by atoms with E-state index in [1.807, 2.05) is 13.1 Å². The van der Waals surface area contributed by atoms with Gasteiger partial charge in [0.25, 0.3) is 5.91 Å². The van der Waals surface area contributed by atoms with Crippen LogP contribution >= 0.6 is 12.4 Å². The van der Waals surface area contributed by atoms with Gasteiger partial charge in [-0.15, -0.1) is 12.4 Å². The largest absolute Gasteiger partial charge is 0.339 e. The van der Waals surface area contributed by atoms with Gasteiger partial charge in [0, 0.05) is 18.7 Å². The zero-order valence-electron chi connectivity index (χ0n) is 13.4. The summed E-state index contributed by atoms with van der Waals surface area (Å²) in [7, 11) is 2.01. The van der Waals surface area contributed by atoms with Gasteiger partial charge in [0.05, 0.1) is 0 Å². The Labute approximate surface area is 139 Å². The van der Waals surface area contributed by atoms with Gasteiger partial charge >= 0.3 is 0 Å². The molecule has 22 heavy (non-hydrogen) atoms. The number of aryl methyl sites for hydroxylation is 1. The molecule has 1 fully saturated rings. The van der Waals surface area contributed by atoms with Crippen LogP contribution in [-0.4, -0.2) is 37.5 Å². The summed E-state index contributed by atoms with van der Waals surface area (Å²) in [5, 5.41) is 3.22. The first-order valence-electron chi connectivity index (χ1n) is 8.34. The third kappa shape index (κ3) is 3.64. The summed E-state index contributed by atoms with van der Waals surface area (Å²) in [6.07, 6.45) is 6.97. The van der Waals surface area contributed by atoms with Gasteiger partial charge in [0.15, 0.2) is 0 Å². The third-order valence-electron chi connectivity index (χ3n) is 5.08. The molecule has 2 aliphatic rings. The van der Waals surface area contributed by atoms with Crippen LogP contribution in [0, 0.1) is 5.92 Å². The third-order valence-corrected chi connectivity index (χ3v) is 5.08. The number of likely N-dealkylation sites (tertiary alicyclic amines) is 1. The van der Waals surface area contributed by atoms with E-state index in [2.05, 4.69) is 22.3 Å². The van der Waals surface area contributed by atoms with Gasteiger partial charge in [-0.1, -0.05) is 12.1 Å². The monoisotopic (exact) mass is 322 g/mol. The average Bonchev–Trinajstić information content (AvgIpc) is 3.01. The highest BCUT2D eigenvalue weighted by molar-refractivity contribution is 5.96. The predicted molar refractivity (Wildman–Crippen MR) is 92.9 cm³/mol. The van der Waals surface area contributed by atoms with Crippen LogP contribution in [0.4, 0.5) is 0 Å². The molecule has 0 spiro atoms. The smallest absolute Gasteiger partial charge is 0.254 e. The van der Waals surface area contributed by atoms with E-state index in [4.69, 9.17) is 0 Å². The highest BCUT2D eigenvalue weighted by Crippen LogP contribution is 2.28. The van der Waals surface area contributed by atoms with Gasteiger partial charge in [-0.25, -0.2) is 0 Å². The highest BCUT2D eigenvalue weighted by atomic mass is 35.5. The molecule has 1 saturated heterocycles. The zero-order valence-corrected chi connectivity index (χ0v) is 14.3. The number of hydrogen-bond acceptors (Lipinski definition) is 2. The Bertz CT molecular complexity index is 510. The van der Waals surface area contributed by atoms with Crippen molar-refractivity contribution in [2.45, 2.75) is 38.5 Å². The number of benzene rings is 1. The van der Waals surface area contributed by atoms with Crippen molar-refractivity contribution in [3.8, 4) is 0 Å². The molecule has 1 heterocycles. The van der Waals surface area contributed by atoms with Crippen molar-refractivity contribution >= 4 is 18.3 Å². The van der Waals surface area contributed by atoms with Crippen molar-refractivity contribution < 1.29 is 4.79 Å². The number of amides is 1. The van der Waals surface area contributed by atoms with Crippen LogP contribution in [0.5, 0.6) is 0 Å². The lowest BCUT2D eigenvalue weighted by atomic mass is 9.92. The van der Waals surface area contributed by atoms with Crippen LogP contribution < -0.4 is 5.32 Å². The van der Waals surface area contributed by atoms with Gasteiger partial charge in [0.2, 0.25) is 0 Å². The molecule has 0 atom stereocenters. The summed E-state index contributed by atoms with van der Waals surface area (Å²) in [6.45, 7) is 2.94. The average molecular weight is 323 g/mol. The molecule has 122 valence electrons. The lowest BCUT2D eigenvalue weighted by Crippen LogP contribution is -2.39. The van der Waals surface area contributed by atoms with Crippen LogP contribution in [0.15, 0.2) is 18.2 Å². The van der Waals surface area contributed by atoms with Crippen molar-refractivity contribution in [1.82, 2.24) is 10.2 Å². The van der Waals surface area contributed by atoms with E-state index in [-0.39, 0.29) is 18.3 Å². The van der Waals surface area contributed by atoms with Crippen LogP contribution in [0.3, 0.4) is 0 Å². The van der Waals surface area contributed by atoms with Crippen LogP contribution in [-0.2, 0) is 12.8 Å². The summed E-state index contributed by atoms with van der Waals surface area (Å²) in [6, 6.07) is 6.26. The number of rotatable bonds is 4. The van der Waals surface area contributed by atoms with E-state index >= 15 is 0 Å². The van der Waals surface area contributed by atoms with E-state index < -0.39 is 0 Å². The zero-order chi connectivity index (χ0) is 14.7. The van der Waals surface area contributed by atoms with Crippen molar-refractivity contribution in [3.05, 3.63) is 34.9 Å². The maximum absolute atomic E-state index is 12.8. The van der Waals surface area contributed by atoms with E-state index in [1.165, 1.54) is 24.0 Å². The Morgan fingerprint density at radius 3 is 2.77 bits per heavy atom. The molecule has 0 radical (unpaired) electrons. The molecule has 1 aromatic carbocycles. The molecule has 1 aliphatic carbocycles. The van der Waals surface area contributed by atoms with E-state index in [0.29, 0.717) is 0 Å². The molecule has 0 aromatic heterocycles. The lowest BCUT2D eigenvalue weighted by molar-refractivity contribution is 0.0686. The van der Waals surface area contributed by atoms with Crippen LogP contribution in [0.25, 0.3) is 0 Å². The van der Waals surface area contributed by atoms with Crippen molar-refractivity contribution in [2.75, 3.05) is 26.7 Å². The second kappa shape index (κ2) is 7.98. The second-order valence-electron chi connectivity index (χ2n) is 6.42. The van der Waals surface area contributed by atoms with E-state index in [1.54, 1.807) is 0 Å².